The van der Waals surface area contributed by atoms with E-state index in [0.29, 0.717) is 15.6 Å². The molecule has 0 saturated heterocycles. The lowest BCUT2D eigenvalue weighted by Crippen LogP contribution is -2.31. The average Bonchev–Trinajstić information content (AvgIpc) is 2.45. The Morgan fingerprint density at radius 2 is 2.14 bits per heavy atom. The van der Waals surface area contributed by atoms with Crippen LogP contribution in [-0.4, -0.2) is 15.5 Å². The van der Waals surface area contributed by atoms with Gasteiger partial charge in [-0.15, -0.1) is 0 Å². The third-order valence-corrected chi connectivity index (χ3v) is 3.71. The highest BCUT2D eigenvalue weighted by molar-refractivity contribution is 9.10. The topological polar surface area (TPSA) is 110 Å². The van der Waals surface area contributed by atoms with Crippen molar-refractivity contribution in [2.24, 2.45) is 5.84 Å². The summed E-state index contributed by atoms with van der Waals surface area (Å²) < 4.78 is 2.05. The summed E-state index contributed by atoms with van der Waals surface area (Å²) >= 11 is 3.35. The first kappa shape index (κ1) is 15.2. The summed E-state index contributed by atoms with van der Waals surface area (Å²) in [5.74, 6) is 4.67. The van der Waals surface area contributed by atoms with Crippen LogP contribution in [0.1, 0.15) is 21.5 Å². The van der Waals surface area contributed by atoms with E-state index in [0.717, 1.165) is 5.56 Å². The second-order valence-electron chi connectivity index (χ2n) is 4.48. The van der Waals surface area contributed by atoms with Crippen LogP contribution < -0.4 is 22.5 Å². The molecule has 0 bridgehead atoms. The maximum Gasteiger partial charge on any atom is 0.328 e. The van der Waals surface area contributed by atoms with E-state index in [9.17, 15) is 14.4 Å². The normalized spacial score (nSPS) is 10.4. The van der Waals surface area contributed by atoms with Crippen molar-refractivity contribution in [1.29, 1.82) is 0 Å². The Labute approximate surface area is 127 Å². The molecule has 110 valence electrons. The smallest absolute Gasteiger partial charge is 0.296 e. The molecule has 1 heterocycles. The SMILES string of the molecule is Cc1cn(Cc2ccc(C(=O)NN)cc2Br)c(=O)[nH]c1=O. The molecular formula is C13H13BrN4O3. The molecule has 0 unspecified atom stereocenters. The van der Waals surface area contributed by atoms with Gasteiger partial charge in [-0.25, -0.2) is 10.6 Å². The highest BCUT2D eigenvalue weighted by atomic mass is 79.9. The Morgan fingerprint density at radius 1 is 1.43 bits per heavy atom. The molecule has 4 N–H and O–H groups in total. The van der Waals surface area contributed by atoms with Gasteiger partial charge in [0.15, 0.2) is 0 Å². The standard InChI is InChI=1S/C13H13BrN4O3/c1-7-5-18(13(21)16-11(7)19)6-9-3-2-8(4-10(9)14)12(20)17-15/h2-5H,6,15H2,1H3,(H,17,20)(H,16,19,21). The van der Waals surface area contributed by atoms with E-state index in [1.807, 2.05) is 5.43 Å². The molecule has 8 heteroatoms. The fourth-order valence-corrected chi connectivity index (χ4v) is 2.32. The molecule has 0 fully saturated rings. The molecule has 0 saturated carbocycles. The molecule has 21 heavy (non-hydrogen) atoms. The van der Waals surface area contributed by atoms with Crippen LogP contribution in [0, 0.1) is 6.92 Å². The lowest BCUT2D eigenvalue weighted by atomic mass is 10.1. The van der Waals surface area contributed by atoms with Gasteiger partial charge in [0.25, 0.3) is 11.5 Å². The summed E-state index contributed by atoms with van der Waals surface area (Å²) in [6, 6.07) is 4.93. The van der Waals surface area contributed by atoms with Gasteiger partial charge >= 0.3 is 5.69 Å². The number of hydrogen-bond donors (Lipinski definition) is 3. The predicted molar refractivity (Wildman–Crippen MR) is 81.0 cm³/mol. The summed E-state index contributed by atoms with van der Waals surface area (Å²) in [5, 5.41) is 0. The van der Waals surface area contributed by atoms with E-state index in [1.54, 1.807) is 25.1 Å². The van der Waals surface area contributed by atoms with Crippen LogP contribution in [0.5, 0.6) is 0 Å². The van der Waals surface area contributed by atoms with Crippen LogP contribution in [0.15, 0.2) is 38.5 Å². The fourth-order valence-electron chi connectivity index (χ4n) is 1.82. The first-order valence-electron chi connectivity index (χ1n) is 6.02. The molecule has 0 aliphatic rings. The number of carbonyl (C=O) groups excluding carboxylic acids is 1. The number of H-pyrrole nitrogens is 1. The summed E-state index contributed by atoms with van der Waals surface area (Å²) in [6.45, 7) is 1.89. The number of benzene rings is 1. The fraction of sp³-hybridized carbons (Fsp3) is 0.154. The molecular weight excluding hydrogens is 340 g/mol. The lowest BCUT2D eigenvalue weighted by molar-refractivity contribution is 0.0953. The zero-order chi connectivity index (χ0) is 15.6. The highest BCUT2D eigenvalue weighted by Gasteiger charge is 2.09. The number of nitrogen functional groups attached to an aromatic ring is 1. The van der Waals surface area contributed by atoms with E-state index >= 15 is 0 Å². The number of aryl methyl sites for hydroxylation is 1. The monoisotopic (exact) mass is 352 g/mol. The second kappa shape index (κ2) is 6.06. The number of rotatable bonds is 3. The molecule has 2 aromatic rings. The summed E-state index contributed by atoms with van der Waals surface area (Å²) in [7, 11) is 0. The van der Waals surface area contributed by atoms with Crippen molar-refractivity contribution in [2.75, 3.05) is 0 Å². The molecule has 0 spiro atoms. The molecule has 1 aromatic carbocycles. The van der Waals surface area contributed by atoms with Crippen LogP contribution in [0.3, 0.4) is 0 Å². The molecule has 1 aromatic heterocycles. The van der Waals surface area contributed by atoms with Gasteiger partial charge in [0, 0.05) is 21.8 Å². The Morgan fingerprint density at radius 3 is 2.76 bits per heavy atom. The van der Waals surface area contributed by atoms with Crippen LogP contribution in [-0.2, 0) is 6.54 Å². The second-order valence-corrected chi connectivity index (χ2v) is 5.33. The minimum atomic E-state index is -0.485. The first-order valence-corrected chi connectivity index (χ1v) is 6.81. The predicted octanol–water partition coefficient (Wildman–Crippen LogP) is 0.259. The van der Waals surface area contributed by atoms with E-state index in [4.69, 9.17) is 5.84 Å². The van der Waals surface area contributed by atoms with Gasteiger partial charge in [-0.2, -0.15) is 0 Å². The number of hydrogen-bond acceptors (Lipinski definition) is 4. The summed E-state index contributed by atoms with van der Waals surface area (Å²) in [5.41, 5.74) is 2.80. The summed E-state index contributed by atoms with van der Waals surface area (Å²) in [4.78, 5) is 36.7. The minimum Gasteiger partial charge on any atom is -0.296 e. The van der Waals surface area contributed by atoms with Gasteiger partial charge in [0.1, 0.15) is 0 Å². The number of nitrogens with one attached hydrogen (secondary N) is 2. The van der Waals surface area contributed by atoms with Crippen molar-refractivity contribution >= 4 is 21.8 Å². The summed E-state index contributed by atoms with van der Waals surface area (Å²) in [6.07, 6.45) is 1.49. The van der Waals surface area contributed by atoms with Crippen LogP contribution in [0.4, 0.5) is 0 Å². The molecule has 0 aliphatic heterocycles. The van der Waals surface area contributed by atoms with Crippen molar-refractivity contribution in [3.63, 3.8) is 0 Å². The number of hydrazine groups is 1. The highest BCUT2D eigenvalue weighted by Crippen LogP contribution is 2.19. The van der Waals surface area contributed by atoms with Crippen molar-refractivity contribution in [2.45, 2.75) is 13.5 Å². The number of amides is 1. The third kappa shape index (κ3) is 3.29. The van der Waals surface area contributed by atoms with Gasteiger partial charge in [0.05, 0.1) is 6.54 Å². The van der Waals surface area contributed by atoms with Crippen molar-refractivity contribution in [3.05, 3.63) is 66.4 Å². The quantitative estimate of drug-likeness (QED) is 0.418. The van der Waals surface area contributed by atoms with E-state index < -0.39 is 17.2 Å². The molecule has 0 radical (unpaired) electrons. The Kier molecular flexibility index (Phi) is 4.39. The van der Waals surface area contributed by atoms with Crippen molar-refractivity contribution in [3.8, 4) is 0 Å². The zero-order valence-corrected chi connectivity index (χ0v) is 12.7. The number of halogens is 1. The largest absolute Gasteiger partial charge is 0.328 e. The van der Waals surface area contributed by atoms with Crippen LogP contribution >= 0.6 is 15.9 Å². The number of nitrogens with two attached hydrogens (primary N) is 1. The average molecular weight is 353 g/mol. The third-order valence-electron chi connectivity index (χ3n) is 2.98. The maximum atomic E-state index is 11.7. The maximum absolute atomic E-state index is 11.7. The minimum absolute atomic E-state index is 0.265. The number of aromatic amines is 1. The first-order chi connectivity index (χ1) is 9.92. The van der Waals surface area contributed by atoms with Crippen molar-refractivity contribution in [1.82, 2.24) is 15.0 Å². The molecule has 0 atom stereocenters. The number of aromatic nitrogens is 2. The molecule has 2 rings (SSSR count). The molecule has 7 nitrogen and oxygen atoms in total. The Balaban J connectivity index is 2.37. The van der Waals surface area contributed by atoms with E-state index in [1.165, 1.54) is 10.8 Å². The van der Waals surface area contributed by atoms with Crippen LogP contribution in [0.25, 0.3) is 0 Å². The van der Waals surface area contributed by atoms with Gasteiger partial charge in [-0.3, -0.25) is 24.6 Å². The van der Waals surface area contributed by atoms with E-state index in [2.05, 4.69) is 20.9 Å². The molecule has 0 aliphatic carbocycles. The van der Waals surface area contributed by atoms with Gasteiger partial charge in [-0.1, -0.05) is 22.0 Å². The van der Waals surface area contributed by atoms with Gasteiger partial charge in [0.2, 0.25) is 0 Å². The lowest BCUT2D eigenvalue weighted by Gasteiger charge is -2.09. The number of nitrogens with zero attached hydrogens (tertiary/aromatic N) is 1. The van der Waals surface area contributed by atoms with Gasteiger partial charge < -0.3 is 0 Å². The molecule has 1 amide bonds. The van der Waals surface area contributed by atoms with Gasteiger partial charge in [-0.05, 0) is 24.6 Å². The number of carbonyl (C=O) groups is 1. The van der Waals surface area contributed by atoms with Crippen LogP contribution in [0.2, 0.25) is 0 Å². The van der Waals surface area contributed by atoms with E-state index in [-0.39, 0.29) is 6.54 Å². The van der Waals surface area contributed by atoms with Crippen molar-refractivity contribution < 1.29 is 4.79 Å². The Hall–Kier alpha value is -2.19. The zero-order valence-electron chi connectivity index (χ0n) is 11.1. The Bertz CT molecular complexity index is 810.